The van der Waals surface area contributed by atoms with Crippen molar-refractivity contribution >= 4 is 21.6 Å². The van der Waals surface area contributed by atoms with Crippen LogP contribution in [0.2, 0.25) is 0 Å². The number of nitrogens with one attached hydrogen (secondary N) is 1. The first-order chi connectivity index (χ1) is 14.7. The summed E-state index contributed by atoms with van der Waals surface area (Å²) in [7, 11) is -3.92. The van der Waals surface area contributed by atoms with Gasteiger partial charge in [0.2, 0.25) is 10.0 Å². The summed E-state index contributed by atoms with van der Waals surface area (Å²) in [4.78, 5) is 12.6. The number of amides is 1. The molecule has 0 aliphatic rings. The van der Waals surface area contributed by atoms with Crippen molar-refractivity contribution in [2.24, 2.45) is 0 Å². The van der Waals surface area contributed by atoms with Crippen LogP contribution in [0.4, 0.5) is 10.1 Å². The summed E-state index contributed by atoms with van der Waals surface area (Å²) in [5.74, 6) is -1.49. The molecule has 0 atom stereocenters. The number of hydrogen-bond donors (Lipinski definition) is 1. The monoisotopic (exact) mass is 440 g/mol. The molecule has 162 valence electrons. The number of benzene rings is 3. The van der Waals surface area contributed by atoms with E-state index >= 15 is 0 Å². The van der Waals surface area contributed by atoms with E-state index in [4.69, 9.17) is 0 Å². The fourth-order valence-electron chi connectivity index (χ4n) is 3.39. The van der Waals surface area contributed by atoms with Gasteiger partial charge >= 0.3 is 0 Å². The summed E-state index contributed by atoms with van der Waals surface area (Å²) >= 11 is 0. The van der Waals surface area contributed by atoms with Crippen LogP contribution in [0.5, 0.6) is 0 Å². The van der Waals surface area contributed by atoms with E-state index in [0.717, 1.165) is 28.8 Å². The highest BCUT2D eigenvalue weighted by molar-refractivity contribution is 7.89. The summed E-state index contributed by atoms with van der Waals surface area (Å²) in [5.41, 5.74) is 2.94. The van der Waals surface area contributed by atoms with Gasteiger partial charge in [0.15, 0.2) is 0 Å². The van der Waals surface area contributed by atoms with E-state index in [1.54, 1.807) is 19.1 Å². The van der Waals surface area contributed by atoms with E-state index in [1.807, 2.05) is 50.2 Å². The van der Waals surface area contributed by atoms with Crippen molar-refractivity contribution in [1.29, 1.82) is 0 Å². The van der Waals surface area contributed by atoms with Crippen molar-refractivity contribution in [3.8, 4) is 0 Å². The van der Waals surface area contributed by atoms with Gasteiger partial charge in [0.1, 0.15) is 5.82 Å². The van der Waals surface area contributed by atoms with E-state index < -0.39 is 21.7 Å². The van der Waals surface area contributed by atoms with Crippen LogP contribution in [-0.4, -0.2) is 25.2 Å². The molecule has 1 amide bonds. The van der Waals surface area contributed by atoms with Crippen LogP contribution >= 0.6 is 0 Å². The van der Waals surface area contributed by atoms with Gasteiger partial charge in [-0.1, -0.05) is 43.3 Å². The Morgan fingerprint density at radius 2 is 1.61 bits per heavy atom. The highest BCUT2D eigenvalue weighted by Gasteiger charge is 2.25. The maximum Gasteiger partial charge on any atom is 0.258 e. The molecule has 0 saturated heterocycles. The molecule has 0 radical (unpaired) electrons. The molecule has 0 heterocycles. The standard InChI is InChI=1S/C24H25FN2O3S/c1-4-27(16-19-8-6-5-7-9-19)31(29,30)21-10-11-23(25)22(15-21)24(28)26-20-13-17(2)12-18(3)14-20/h5-15H,4,16H2,1-3H3,(H,26,28). The summed E-state index contributed by atoms with van der Waals surface area (Å²) in [6.07, 6.45) is 0. The molecular weight excluding hydrogens is 415 g/mol. The first-order valence-electron chi connectivity index (χ1n) is 9.94. The van der Waals surface area contributed by atoms with Crippen LogP contribution in [0.3, 0.4) is 0 Å². The second-order valence-electron chi connectivity index (χ2n) is 7.39. The predicted octanol–water partition coefficient (Wildman–Crippen LogP) is 4.91. The summed E-state index contributed by atoms with van der Waals surface area (Å²) in [5, 5.41) is 2.66. The third-order valence-corrected chi connectivity index (χ3v) is 6.77. The van der Waals surface area contributed by atoms with E-state index in [-0.39, 0.29) is 23.5 Å². The second kappa shape index (κ2) is 9.41. The number of hydrogen-bond acceptors (Lipinski definition) is 3. The van der Waals surface area contributed by atoms with Gasteiger partial charge in [0, 0.05) is 18.8 Å². The first kappa shape index (κ1) is 22.7. The molecule has 0 bridgehead atoms. The number of carbonyl (C=O) groups excluding carboxylic acids is 1. The fourth-order valence-corrected chi connectivity index (χ4v) is 4.85. The lowest BCUT2D eigenvalue weighted by atomic mass is 10.1. The van der Waals surface area contributed by atoms with Crippen LogP contribution in [0, 0.1) is 19.7 Å². The minimum Gasteiger partial charge on any atom is -0.322 e. The van der Waals surface area contributed by atoms with E-state index in [1.165, 1.54) is 10.4 Å². The number of sulfonamides is 1. The number of rotatable bonds is 7. The Bertz CT molecular complexity index is 1170. The first-order valence-corrected chi connectivity index (χ1v) is 11.4. The molecule has 5 nitrogen and oxygen atoms in total. The Morgan fingerprint density at radius 3 is 2.23 bits per heavy atom. The SMILES string of the molecule is CCN(Cc1ccccc1)S(=O)(=O)c1ccc(F)c(C(=O)Nc2cc(C)cc(C)c2)c1. The molecule has 3 rings (SSSR count). The summed E-state index contributed by atoms with van der Waals surface area (Å²) < 4.78 is 42.1. The zero-order valence-corrected chi connectivity index (χ0v) is 18.5. The minimum absolute atomic E-state index is 0.128. The van der Waals surface area contributed by atoms with Crippen molar-refractivity contribution in [3.63, 3.8) is 0 Å². The number of halogens is 1. The van der Waals surface area contributed by atoms with Crippen LogP contribution in [0.25, 0.3) is 0 Å². The van der Waals surface area contributed by atoms with Crippen molar-refractivity contribution in [2.45, 2.75) is 32.2 Å². The average molecular weight is 441 g/mol. The van der Waals surface area contributed by atoms with Crippen LogP contribution in [-0.2, 0) is 16.6 Å². The van der Waals surface area contributed by atoms with Gasteiger partial charge in [0.05, 0.1) is 10.5 Å². The van der Waals surface area contributed by atoms with Crippen LogP contribution < -0.4 is 5.32 Å². The van der Waals surface area contributed by atoms with Crippen molar-refractivity contribution < 1.29 is 17.6 Å². The van der Waals surface area contributed by atoms with Gasteiger partial charge in [-0.05, 0) is 60.9 Å². The zero-order valence-electron chi connectivity index (χ0n) is 17.7. The van der Waals surface area contributed by atoms with Gasteiger partial charge < -0.3 is 5.32 Å². The molecule has 1 N–H and O–H groups in total. The topological polar surface area (TPSA) is 66.5 Å². The Labute approximate surface area is 182 Å². The Hall–Kier alpha value is -3.03. The van der Waals surface area contributed by atoms with Gasteiger partial charge in [0.25, 0.3) is 5.91 Å². The molecule has 0 fully saturated rings. The Kier molecular flexibility index (Phi) is 6.87. The summed E-state index contributed by atoms with van der Waals surface area (Å²) in [6, 6.07) is 18.0. The van der Waals surface area contributed by atoms with Gasteiger partial charge in [-0.2, -0.15) is 4.31 Å². The Morgan fingerprint density at radius 1 is 0.968 bits per heavy atom. The smallest absolute Gasteiger partial charge is 0.258 e. The van der Waals surface area contributed by atoms with Crippen LogP contribution in [0.1, 0.15) is 34.0 Å². The predicted molar refractivity (Wildman–Crippen MR) is 120 cm³/mol. The number of carbonyl (C=O) groups is 1. The molecular formula is C24H25FN2O3S. The van der Waals surface area contributed by atoms with E-state index in [0.29, 0.717) is 5.69 Å². The quantitative estimate of drug-likeness (QED) is 0.568. The lowest BCUT2D eigenvalue weighted by Gasteiger charge is -2.21. The Balaban J connectivity index is 1.90. The molecule has 0 aliphatic heterocycles. The molecule has 3 aromatic rings. The van der Waals surface area contributed by atoms with Gasteiger partial charge in [-0.25, -0.2) is 12.8 Å². The molecule has 3 aromatic carbocycles. The third-order valence-electron chi connectivity index (χ3n) is 4.85. The molecule has 0 aliphatic carbocycles. The van der Waals surface area contributed by atoms with Crippen LogP contribution in [0.15, 0.2) is 71.6 Å². The van der Waals surface area contributed by atoms with Crippen molar-refractivity contribution in [1.82, 2.24) is 4.31 Å². The maximum absolute atomic E-state index is 14.4. The number of aryl methyl sites for hydroxylation is 2. The molecule has 31 heavy (non-hydrogen) atoms. The molecule has 7 heteroatoms. The fraction of sp³-hybridized carbons (Fsp3) is 0.208. The van der Waals surface area contributed by atoms with Gasteiger partial charge in [-0.15, -0.1) is 0 Å². The maximum atomic E-state index is 14.4. The largest absolute Gasteiger partial charge is 0.322 e. The molecule has 0 unspecified atom stereocenters. The molecule has 0 saturated carbocycles. The van der Waals surface area contributed by atoms with Crippen molar-refractivity contribution in [3.05, 3.63) is 94.8 Å². The van der Waals surface area contributed by atoms with Gasteiger partial charge in [-0.3, -0.25) is 4.79 Å². The van der Waals surface area contributed by atoms with E-state index in [2.05, 4.69) is 5.32 Å². The number of nitrogens with zero attached hydrogens (tertiary/aromatic N) is 1. The summed E-state index contributed by atoms with van der Waals surface area (Å²) in [6.45, 7) is 5.93. The second-order valence-corrected chi connectivity index (χ2v) is 9.33. The minimum atomic E-state index is -3.92. The van der Waals surface area contributed by atoms with Crippen molar-refractivity contribution in [2.75, 3.05) is 11.9 Å². The molecule has 0 aromatic heterocycles. The zero-order chi connectivity index (χ0) is 22.6. The average Bonchev–Trinajstić information content (AvgIpc) is 2.72. The highest BCUT2D eigenvalue weighted by atomic mass is 32.2. The number of anilines is 1. The normalized spacial score (nSPS) is 11.5. The lowest BCUT2D eigenvalue weighted by Crippen LogP contribution is -2.30. The molecule has 0 spiro atoms. The van der Waals surface area contributed by atoms with E-state index in [9.17, 15) is 17.6 Å². The third kappa shape index (κ3) is 5.37. The highest BCUT2D eigenvalue weighted by Crippen LogP contribution is 2.22. The lowest BCUT2D eigenvalue weighted by molar-refractivity contribution is 0.102.